The van der Waals surface area contributed by atoms with Crippen molar-refractivity contribution >= 4 is 40.6 Å². The number of nitrogens with one attached hydrogen (secondary N) is 1. The van der Waals surface area contributed by atoms with Crippen LogP contribution in [0.3, 0.4) is 0 Å². The molecule has 1 aromatic heterocycles. The summed E-state index contributed by atoms with van der Waals surface area (Å²) >= 11 is 7.54. The van der Waals surface area contributed by atoms with Crippen LogP contribution < -0.4 is 5.32 Å². The normalized spacial score (nSPS) is 15.9. The fourth-order valence-electron chi connectivity index (χ4n) is 2.14. The number of hydrogen-bond acceptors (Lipinski definition) is 4. The summed E-state index contributed by atoms with van der Waals surface area (Å²) in [5.41, 5.74) is 0. The second kappa shape index (κ2) is 7.85. The molecule has 1 aliphatic heterocycles. The zero-order valence-corrected chi connectivity index (χ0v) is 13.7. The van der Waals surface area contributed by atoms with E-state index in [2.05, 4.69) is 43.9 Å². The standard InChI is InChI=1S/C13H19BrN4OS/c14-11-4-5-12(15-10-11)16-13(19)18(20)9-8-17-6-2-1-3-7-17/h4-5,10,20H,1-3,6-9H2,(H,15,16,19). The highest BCUT2D eigenvalue weighted by molar-refractivity contribution is 9.10. The van der Waals surface area contributed by atoms with Gasteiger partial charge in [0.15, 0.2) is 0 Å². The van der Waals surface area contributed by atoms with Crippen molar-refractivity contribution in [2.24, 2.45) is 0 Å². The minimum Gasteiger partial charge on any atom is -0.302 e. The maximum atomic E-state index is 11.9. The SMILES string of the molecule is O=C(Nc1ccc(Br)cn1)N(S)CCN1CCCCC1. The number of pyridine rings is 1. The van der Waals surface area contributed by atoms with Crippen molar-refractivity contribution in [3.05, 3.63) is 22.8 Å². The summed E-state index contributed by atoms with van der Waals surface area (Å²) in [6.45, 7) is 3.71. The van der Waals surface area contributed by atoms with Gasteiger partial charge in [-0.1, -0.05) is 19.2 Å². The number of anilines is 1. The number of likely N-dealkylation sites (tertiary alicyclic amines) is 1. The number of rotatable bonds is 4. The zero-order chi connectivity index (χ0) is 14.4. The third-order valence-electron chi connectivity index (χ3n) is 3.27. The first kappa shape index (κ1) is 15.6. The van der Waals surface area contributed by atoms with E-state index in [9.17, 15) is 4.79 Å². The Kier molecular flexibility index (Phi) is 6.12. The van der Waals surface area contributed by atoms with Gasteiger partial charge in [-0.15, -0.1) is 0 Å². The van der Waals surface area contributed by atoms with Crippen LogP contribution >= 0.6 is 28.7 Å². The Morgan fingerprint density at radius 3 is 2.80 bits per heavy atom. The van der Waals surface area contributed by atoms with Crippen LogP contribution in [-0.2, 0) is 0 Å². The number of aromatic nitrogens is 1. The monoisotopic (exact) mass is 358 g/mol. The predicted molar refractivity (Wildman–Crippen MR) is 86.9 cm³/mol. The maximum absolute atomic E-state index is 11.9. The summed E-state index contributed by atoms with van der Waals surface area (Å²) in [6, 6.07) is 3.33. The van der Waals surface area contributed by atoms with E-state index in [1.165, 1.54) is 23.6 Å². The average molecular weight is 359 g/mol. The van der Waals surface area contributed by atoms with E-state index in [1.807, 2.05) is 6.07 Å². The quantitative estimate of drug-likeness (QED) is 0.813. The fourth-order valence-corrected chi connectivity index (χ4v) is 2.52. The Hall–Kier alpha value is -0.790. The van der Waals surface area contributed by atoms with Gasteiger partial charge in [0, 0.05) is 23.8 Å². The van der Waals surface area contributed by atoms with Crippen LogP contribution in [0.5, 0.6) is 0 Å². The van der Waals surface area contributed by atoms with Gasteiger partial charge in [0.05, 0.1) is 0 Å². The van der Waals surface area contributed by atoms with Crippen LogP contribution in [0.15, 0.2) is 22.8 Å². The third-order valence-corrected chi connectivity index (χ3v) is 4.12. The number of amides is 2. The van der Waals surface area contributed by atoms with E-state index in [1.54, 1.807) is 12.3 Å². The van der Waals surface area contributed by atoms with Gasteiger partial charge in [0.2, 0.25) is 0 Å². The molecule has 1 N–H and O–H groups in total. The lowest BCUT2D eigenvalue weighted by molar-refractivity contribution is 0.209. The Morgan fingerprint density at radius 2 is 2.15 bits per heavy atom. The number of halogens is 1. The van der Waals surface area contributed by atoms with E-state index in [-0.39, 0.29) is 6.03 Å². The first-order chi connectivity index (χ1) is 9.65. The molecule has 0 atom stereocenters. The lowest BCUT2D eigenvalue weighted by Gasteiger charge is -2.28. The number of piperidine rings is 1. The summed E-state index contributed by atoms with van der Waals surface area (Å²) < 4.78 is 2.28. The molecule has 7 heteroatoms. The van der Waals surface area contributed by atoms with Crippen molar-refractivity contribution in [2.45, 2.75) is 19.3 Å². The molecule has 1 fully saturated rings. The number of carbonyl (C=O) groups is 1. The van der Waals surface area contributed by atoms with Gasteiger partial charge in [-0.25, -0.2) is 9.78 Å². The molecule has 20 heavy (non-hydrogen) atoms. The van der Waals surface area contributed by atoms with E-state index in [4.69, 9.17) is 0 Å². The number of nitrogens with zero attached hydrogens (tertiary/aromatic N) is 3. The van der Waals surface area contributed by atoms with E-state index in [0.717, 1.165) is 24.1 Å². The van der Waals surface area contributed by atoms with Crippen LogP contribution in [0, 0.1) is 0 Å². The Labute approximate surface area is 133 Å². The molecule has 0 saturated carbocycles. The van der Waals surface area contributed by atoms with Crippen LogP contribution in [0.4, 0.5) is 10.6 Å². The summed E-state index contributed by atoms with van der Waals surface area (Å²) in [7, 11) is 0. The number of carbonyl (C=O) groups excluding carboxylic acids is 1. The molecule has 0 radical (unpaired) electrons. The number of urea groups is 1. The van der Waals surface area contributed by atoms with Crippen LogP contribution in [0.2, 0.25) is 0 Å². The first-order valence-corrected chi connectivity index (χ1v) is 7.96. The lowest BCUT2D eigenvalue weighted by Crippen LogP contribution is -2.38. The largest absolute Gasteiger partial charge is 0.332 e. The van der Waals surface area contributed by atoms with Gasteiger partial charge in [-0.2, -0.15) is 0 Å². The summed E-state index contributed by atoms with van der Waals surface area (Å²) in [5, 5.41) is 2.72. The molecule has 110 valence electrons. The summed E-state index contributed by atoms with van der Waals surface area (Å²) in [6.07, 6.45) is 5.46. The minimum atomic E-state index is -0.250. The molecule has 0 aromatic carbocycles. The van der Waals surface area contributed by atoms with Crippen molar-refractivity contribution in [1.82, 2.24) is 14.2 Å². The molecule has 2 amide bonds. The smallest absolute Gasteiger partial charge is 0.302 e. The molecule has 2 rings (SSSR count). The van der Waals surface area contributed by atoms with Crippen LogP contribution in [0.25, 0.3) is 0 Å². The Morgan fingerprint density at radius 1 is 1.40 bits per heavy atom. The van der Waals surface area contributed by atoms with Gasteiger partial charge < -0.3 is 4.90 Å². The molecular formula is C13H19BrN4OS. The van der Waals surface area contributed by atoms with Gasteiger partial charge >= 0.3 is 6.03 Å². The number of thiol groups is 1. The van der Waals surface area contributed by atoms with Crippen LogP contribution in [0.1, 0.15) is 19.3 Å². The molecule has 0 aliphatic carbocycles. The lowest BCUT2D eigenvalue weighted by atomic mass is 10.1. The zero-order valence-electron chi connectivity index (χ0n) is 11.3. The maximum Gasteiger partial charge on any atom is 0.332 e. The second-order valence-electron chi connectivity index (χ2n) is 4.82. The van der Waals surface area contributed by atoms with Crippen molar-refractivity contribution in [1.29, 1.82) is 0 Å². The van der Waals surface area contributed by atoms with Crippen molar-refractivity contribution in [2.75, 3.05) is 31.5 Å². The average Bonchev–Trinajstić information content (AvgIpc) is 2.48. The van der Waals surface area contributed by atoms with E-state index in [0.29, 0.717) is 12.4 Å². The topological polar surface area (TPSA) is 48.5 Å². The highest BCUT2D eigenvalue weighted by Gasteiger charge is 2.14. The van der Waals surface area contributed by atoms with Crippen molar-refractivity contribution in [3.63, 3.8) is 0 Å². The highest BCUT2D eigenvalue weighted by Crippen LogP contribution is 2.12. The fraction of sp³-hybridized carbons (Fsp3) is 0.538. The predicted octanol–water partition coefficient (Wildman–Crippen LogP) is 3.01. The molecular weight excluding hydrogens is 340 g/mol. The molecule has 0 unspecified atom stereocenters. The van der Waals surface area contributed by atoms with Gasteiger partial charge in [0.1, 0.15) is 5.82 Å². The molecule has 1 saturated heterocycles. The first-order valence-electron chi connectivity index (χ1n) is 6.76. The second-order valence-corrected chi connectivity index (χ2v) is 6.22. The molecule has 0 spiro atoms. The van der Waals surface area contributed by atoms with Crippen molar-refractivity contribution < 1.29 is 4.79 Å². The van der Waals surface area contributed by atoms with E-state index < -0.39 is 0 Å². The van der Waals surface area contributed by atoms with Gasteiger partial charge in [-0.3, -0.25) is 9.62 Å². The molecule has 5 nitrogen and oxygen atoms in total. The minimum absolute atomic E-state index is 0.250. The highest BCUT2D eigenvalue weighted by atomic mass is 79.9. The van der Waals surface area contributed by atoms with Crippen molar-refractivity contribution in [3.8, 4) is 0 Å². The van der Waals surface area contributed by atoms with E-state index >= 15 is 0 Å². The Balaban J connectivity index is 1.75. The molecule has 1 aromatic rings. The summed E-state index contributed by atoms with van der Waals surface area (Å²) in [4.78, 5) is 18.4. The van der Waals surface area contributed by atoms with Gasteiger partial charge in [-0.05, 0) is 54.0 Å². The van der Waals surface area contributed by atoms with Gasteiger partial charge in [0.25, 0.3) is 0 Å². The third kappa shape index (κ3) is 4.96. The molecule has 1 aliphatic rings. The molecule has 2 heterocycles. The number of hydrogen-bond donors (Lipinski definition) is 2. The summed E-state index contributed by atoms with van der Waals surface area (Å²) in [5.74, 6) is 0.523. The Bertz CT molecular complexity index is 437. The molecule has 0 bridgehead atoms. The van der Waals surface area contributed by atoms with Crippen LogP contribution in [-0.4, -0.2) is 46.4 Å².